The number of rotatable bonds is 1. The summed E-state index contributed by atoms with van der Waals surface area (Å²) >= 11 is 3.07. The lowest BCUT2D eigenvalue weighted by Crippen LogP contribution is -2.30. The highest BCUT2D eigenvalue weighted by Gasteiger charge is 2.38. The maximum Gasteiger partial charge on any atom is 0.268 e. The highest BCUT2D eigenvalue weighted by Crippen LogP contribution is 2.35. The van der Waals surface area contributed by atoms with Crippen LogP contribution < -0.4 is 10.6 Å². The first-order valence-corrected chi connectivity index (χ1v) is 6.94. The molecule has 106 valence electrons. The normalized spacial score (nSPS) is 13.8. The Balaban J connectivity index is 2.19. The van der Waals surface area contributed by atoms with Crippen LogP contribution in [0.3, 0.4) is 0 Å². The summed E-state index contributed by atoms with van der Waals surface area (Å²) in [5, 5.41) is 0. The Hall–Kier alpha value is -2.21. The van der Waals surface area contributed by atoms with Crippen LogP contribution in [0, 0.1) is 12.7 Å². The second-order valence-corrected chi connectivity index (χ2v) is 5.62. The summed E-state index contributed by atoms with van der Waals surface area (Å²) in [5.41, 5.74) is 7.34. The predicted molar refractivity (Wildman–Crippen MR) is 80.8 cm³/mol. The van der Waals surface area contributed by atoms with E-state index in [1.807, 2.05) is 0 Å². The zero-order chi connectivity index (χ0) is 15.3. The van der Waals surface area contributed by atoms with Crippen molar-refractivity contribution in [2.45, 2.75) is 6.92 Å². The van der Waals surface area contributed by atoms with E-state index in [4.69, 9.17) is 5.73 Å². The summed E-state index contributed by atoms with van der Waals surface area (Å²) in [7, 11) is 0. The van der Waals surface area contributed by atoms with Crippen molar-refractivity contribution in [1.29, 1.82) is 0 Å². The Labute approximate surface area is 128 Å². The van der Waals surface area contributed by atoms with Crippen LogP contribution in [0.4, 0.5) is 15.8 Å². The van der Waals surface area contributed by atoms with Gasteiger partial charge in [0.05, 0.1) is 21.3 Å². The van der Waals surface area contributed by atoms with E-state index in [9.17, 15) is 14.0 Å². The molecule has 6 heteroatoms. The van der Waals surface area contributed by atoms with E-state index in [1.54, 1.807) is 25.1 Å². The van der Waals surface area contributed by atoms with Crippen molar-refractivity contribution in [1.82, 2.24) is 0 Å². The van der Waals surface area contributed by atoms with Gasteiger partial charge in [0.25, 0.3) is 11.8 Å². The number of carbonyl (C=O) groups is 2. The van der Waals surface area contributed by atoms with E-state index in [1.165, 1.54) is 12.1 Å². The maximum absolute atomic E-state index is 13.5. The lowest BCUT2D eigenvalue weighted by Gasteiger charge is -2.17. The Kier molecular flexibility index (Phi) is 3.06. The number of fused-ring (bicyclic) bond motifs is 1. The number of hydrogen-bond acceptors (Lipinski definition) is 3. The van der Waals surface area contributed by atoms with Gasteiger partial charge in [-0.05, 0) is 52.7 Å². The van der Waals surface area contributed by atoms with E-state index in [0.717, 1.165) is 4.90 Å². The molecular formula is C15H10BrFN2O2. The Morgan fingerprint density at radius 2 is 1.90 bits per heavy atom. The zero-order valence-corrected chi connectivity index (χ0v) is 12.6. The van der Waals surface area contributed by atoms with Gasteiger partial charge in [-0.2, -0.15) is 0 Å². The average molecular weight is 349 g/mol. The molecule has 0 saturated carbocycles. The van der Waals surface area contributed by atoms with Crippen molar-refractivity contribution >= 4 is 39.1 Å². The molecular weight excluding hydrogens is 339 g/mol. The molecule has 1 heterocycles. The van der Waals surface area contributed by atoms with Crippen molar-refractivity contribution in [2.24, 2.45) is 0 Å². The quantitative estimate of drug-likeness (QED) is 0.635. The first-order valence-electron chi connectivity index (χ1n) is 6.14. The second kappa shape index (κ2) is 4.66. The van der Waals surface area contributed by atoms with Crippen molar-refractivity contribution in [2.75, 3.05) is 10.6 Å². The molecule has 2 aromatic carbocycles. The maximum atomic E-state index is 13.5. The molecule has 2 amide bonds. The molecule has 1 aliphatic rings. The van der Waals surface area contributed by atoms with Gasteiger partial charge in [0.2, 0.25) is 0 Å². The molecule has 21 heavy (non-hydrogen) atoms. The predicted octanol–water partition coefficient (Wildman–Crippen LogP) is 3.28. The van der Waals surface area contributed by atoms with E-state index >= 15 is 0 Å². The molecule has 0 bridgehead atoms. The lowest BCUT2D eigenvalue weighted by molar-refractivity contribution is 0.0926. The molecule has 0 saturated heterocycles. The molecule has 0 unspecified atom stereocenters. The molecule has 0 aromatic heterocycles. The zero-order valence-electron chi connectivity index (χ0n) is 11.0. The Morgan fingerprint density at radius 3 is 2.57 bits per heavy atom. The third kappa shape index (κ3) is 1.94. The van der Waals surface area contributed by atoms with Crippen LogP contribution in [0.1, 0.15) is 26.3 Å². The number of nitrogens with two attached hydrogens (primary N) is 1. The number of benzene rings is 2. The van der Waals surface area contributed by atoms with Crippen LogP contribution in [-0.2, 0) is 0 Å². The third-order valence-electron chi connectivity index (χ3n) is 3.43. The number of anilines is 2. The van der Waals surface area contributed by atoms with Crippen LogP contribution in [0.2, 0.25) is 0 Å². The smallest absolute Gasteiger partial charge is 0.268 e. The van der Waals surface area contributed by atoms with Gasteiger partial charge in [-0.3, -0.25) is 9.59 Å². The number of imide groups is 1. The molecule has 2 N–H and O–H groups in total. The monoisotopic (exact) mass is 348 g/mol. The van der Waals surface area contributed by atoms with Gasteiger partial charge in [0, 0.05) is 5.69 Å². The Morgan fingerprint density at radius 1 is 1.19 bits per heavy atom. The van der Waals surface area contributed by atoms with Crippen molar-refractivity contribution in [3.63, 3.8) is 0 Å². The average Bonchev–Trinajstić information content (AvgIpc) is 2.68. The fraction of sp³-hybridized carbons (Fsp3) is 0.0667. The molecule has 4 nitrogen and oxygen atoms in total. The lowest BCUT2D eigenvalue weighted by atomic mass is 10.1. The van der Waals surface area contributed by atoms with Crippen LogP contribution in [0.15, 0.2) is 34.8 Å². The van der Waals surface area contributed by atoms with Gasteiger partial charge in [-0.15, -0.1) is 0 Å². The van der Waals surface area contributed by atoms with Gasteiger partial charge < -0.3 is 5.73 Å². The van der Waals surface area contributed by atoms with Gasteiger partial charge >= 0.3 is 0 Å². The molecule has 2 aromatic rings. The minimum Gasteiger partial charge on any atom is -0.398 e. The minimum absolute atomic E-state index is 0.188. The molecule has 0 atom stereocenters. The summed E-state index contributed by atoms with van der Waals surface area (Å²) in [5.74, 6) is -1.40. The van der Waals surface area contributed by atoms with E-state index in [-0.39, 0.29) is 21.3 Å². The number of halogens is 2. The van der Waals surface area contributed by atoms with E-state index in [0.29, 0.717) is 11.3 Å². The van der Waals surface area contributed by atoms with Gasteiger partial charge in [-0.25, -0.2) is 9.29 Å². The molecule has 0 radical (unpaired) electrons. The topological polar surface area (TPSA) is 63.4 Å². The third-order valence-corrected chi connectivity index (χ3v) is 4.03. The fourth-order valence-corrected chi connectivity index (χ4v) is 2.74. The number of nitrogens with zero attached hydrogens (tertiary/aromatic N) is 1. The molecule has 3 rings (SSSR count). The largest absolute Gasteiger partial charge is 0.398 e. The van der Waals surface area contributed by atoms with Crippen molar-refractivity contribution < 1.29 is 14.0 Å². The van der Waals surface area contributed by atoms with Crippen LogP contribution >= 0.6 is 15.9 Å². The molecule has 0 aliphatic carbocycles. The number of hydrogen-bond donors (Lipinski definition) is 1. The number of amides is 2. The van der Waals surface area contributed by atoms with Crippen LogP contribution in [0.5, 0.6) is 0 Å². The highest BCUT2D eigenvalue weighted by molar-refractivity contribution is 9.10. The van der Waals surface area contributed by atoms with Crippen molar-refractivity contribution in [3.05, 3.63) is 57.3 Å². The first-order chi connectivity index (χ1) is 9.91. The summed E-state index contributed by atoms with van der Waals surface area (Å²) < 4.78 is 13.7. The van der Waals surface area contributed by atoms with Crippen molar-refractivity contribution in [3.8, 4) is 0 Å². The first kappa shape index (κ1) is 13.8. The number of carbonyl (C=O) groups excluding carboxylic acids is 2. The summed E-state index contributed by atoms with van der Waals surface area (Å²) in [6, 6.07) is 7.44. The summed E-state index contributed by atoms with van der Waals surface area (Å²) in [6.45, 7) is 1.64. The van der Waals surface area contributed by atoms with Gasteiger partial charge in [0.1, 0.15) is 5.82 Å². The Bertz CT molecular complexity index is 805. The highest BCUT2D eigenvalue weighted by atomic mass is 79.9. The minimum atomic E-state index is -0.491. The number of nitrogen functional groups attached to an aromatic ring is 1. The summed E-state index contributed by atoms with van der Waals surface area (Å²) in [4.78, 5) is 26.0. The standard InChI is InChI=1S/C15H10BrFN2O2/c1-7-5-10(17)9(16)6-12(7)19-14(20)8-3-2-4-11(18)13(8)15(19)21/h2-6H,18H2,1H3. The SMILES string of the molecule is Cc1cc(F)c(Br)cc1N1C(=O)c2cccc(N)c2C1=O. The summed E-state index contributed by atoms with van der Waals surface area (Å²) in [6.07, 6.45) is 0. The number of aryl methyl sites for hydroxylation is 1. The van der Waals surface area contributed by atoms with E-state index < -0.39 is 17.6 Å². The van der Waals surface area contributed by atoms with E-state index in [2.05, 4.69) is 15.9 Å². The molecule has 1 aliphatic heterocycles. The van der Waals surface area contributed by atoms with Gasteiger partial charge in [-0.1, -0.05) is 6.07 Å². The van der Waals surface area contributed by atoms with Crippen LogP contribution in [0.25, 0.3) is 0 Å². The second-order valence-electron chi connectivity index (χ2n) is 4.77. The van der Waals surface area contributed by atoms with Gasteiger partial charge in [0.15, 0.2) is 0 Å². The van der Waals surface area contributed by atoms with Crippen LogP contribution in [-0.4, -0.2) is 11.8 Å². The fourth-order valence-electron chi connectivity index (χ4n) is 2.41. The molecule has 0 fully saturated rings. The molecule has 0 spiro atoms.